The SMILES string of the molecule is CCC1CCCC1OC(N)=O. The zero-order valence-electron chi connectivity index (χ0n) is 6.88. The summed E-state index contributed by atoms with van der Waals surface area (Å²) < 4.78 is 4.95. The van der Waals surface area contributed by atoms with Crippen molar-refractivity contribution in [3.05, 3.63) is 0 Å². The van der Waals surface area contributed by atoms with Crippen LogP contribution in [-0.2, 0) is 4.74 Å². The molecule has 1 rings (SSSR count). The third-order valence-electron chi connectivity index (χ3n) is 2.38. The molecule has 0 aromatic rings. The Bertz CT molecular complexity index is 147. The third kappa shape index (κ3) is 2.10. The molecule has 3 heteroatoms. The molecule has 0 aromatic heterocycles. The van der Waals surface area contributed by atoms with E-state index in [1.165, 1.54) is 6.42 Å². The molecule has 0 saturated heterocycles. The van der Waals surface area contributed by atoms with Crippen LogP contribution in [0.25, 0.3) is 0 Å². The highest BCUT2D eigenvalue weighted by Crippen LogP contribution is 2.30. The number of hydrogen-bond acceptors (Lipinski definition) is 2. The van der Waals surface area contributed by atoms with Crippen molar-refractivity contribution in [3.63, 3.8) is 0 Å². The van der Waals surface area contributed by atoms with Crippen molar-refractivity contribution < 1.29 is 9.53 Å². The fraction of sp³-hybridized carbons (Fsp3) is 0.875. The quantitative estimate of drug-likeness (QED) is 0.662. The Balaban J connectivity index is 2.37. The number of amides is 1. The van der Waals surface area contributed by atoms with Gasteiger partial charge in [0.25, 0.3) is 0 Å². The number of nitrogens with two attached hydrogens (primary N) is 1. The van der Waals surface area contributed by atoms with Gasteiger partial charge in [-0.3, -0.25) is 0 Å². The summed E-state index contributed by atoms with van der Waals surface area (Å²) in [6.45, 7) is 2.12. The Morgan fingerprint density at radius 2 is 2.36 bits per heavy atom. The fourth-order valence-corrected chi connectivity index (χ4v) is 1.77. The molecule has 1 aliphatic carbocycles. The van der Waals surface area contributed by atoms with E-state index in [0.717, 1.165) is 19.3 Å². The van der Waals surface area contributed by atoms with Crippen molar-refractivity contribution >= 4 is 6.09 Å². The molecule has 1 saturated carbocycles. The predicted molar refractivity (Wildman–Crippen MR) is 42.1 cm³/mol. The van der Waals surface area contributed by atoms with Crippen LogP contribution in [0, 0.1) is 5.92 Å². The highest BCUT2D eigenvalue weighted by Gasteiger charge is 2.28. The third-order valence-corrected chi connectivity index (χ3v) is 2.38. The van der Waals surface area contributed by atoms with Gasteiger partial charge in [0.1, 0.15) is 6.10 Å². The van der Waals surface area contributed by atoms with Gasteiger partial charge in [-0.2, -0.15) is 0 Å². The monoisotopic (exact) mass is 157 g/mol. The minimum absolute atomic E-state index is 0.0949. The summed E-state index contributed by atoms with van der Waals surface area (Å²) in [4.78, 5) is 10.4. The Hall–Kier alpha value is -0.730. The average Bonchev–Trinajstić information content (AvgIpc) is 2.34. The second-order valence-electron chi connectivity index (χ2n) is 3.07. The molecule has 2 N–H and O–H groups in total. The first-order chi connectivity index (χ1) is 5.24. The van der Waals surface area contributed by atoms with E-state index >= 15 is 0 Å². The molecule has 0 aliphatic heterocycles. The molecule has 0 bridgehead atoms. The maximum atomic E-state index is 10.4. The second-order valence-corrected chi connectivity index (χ2v) is 3.07. The van der Waals surface area contributed by atoms with Crippen molar-refractivity contribution in [2.24, 2.45) is 11.7 Å². The van der Waals surface area contributed by atoms with E-state index in [9.17, 15) is 4.79 Å². The predicted octanol–water partition coefficient (Wildman–Crippen LogP) is 1.66. The van der Waals surface area contributed by atoms with Crippen LogP contribution in [0.4, 0.5) is 4.79 Å². The molecule has 2 unspecified atom stereocenters. The lowest BCUT2D eigenvalue weighted by molar-refractivity contribution is 0.0822. The molecule has 0 spiro atoms. The van der Waals surface area contributed by atoms with Crippen LogP contribution in [0.5, 0.6) is 0 Å². The lowest BCUT2D eigenvalue weighted by atomic mass is 10.0. The summed E-state index contributed by atoms with van der Waals surface area (Å²) in [5.41, 5.74) is 4.93. The lowest BCUT2D eigenvalue weighted by Gasteiger charge is -2.16. The molecule has 2 atom stereocenters. The second kappa shape index (κ2) is 3.60. The van der Waals surface area contributed by atoms with Gasteiger partial charge in [-0.25, -0.2) is 4.79 Å². The van der Waals surface area contributed by atoms with Crippen LogP contribution in [0.3, 0.4) is 0 Å². The first-order valence-corrected chi connectivity index (χ1v) is 4.20. The highest BCUT2D eigenvalue weighted by molar-refractivity contribution is 5.64. The van der Waals surface area contributed by atoms with E-state index in [2.05, 4.69) is 6.92 Å². The van der Waals surface area contributed by atoms with Crippen LogP contribution in [-0.4, -0.2) is 12.2 Å². The Morgan fingerprint density at radius 3 is 2.91 bits per heavy atom. The van der Waals surface area contributed by atoms with Crippen LogP contribution in [0.15, 0.2) is 0 Å². The minimum Gasteiger partial charge on any atom is -0.446 e. The lowest BCUT2D eigenvalue weighted by Crippen LogP contribution is -2.25. The van der Waals surface area contributed by atoms with E-state index in [0.29, 0.717) is 5.92 Å². The number of rotatable bonds is 2. The van der Waals surface area contributed by atoms with E-state index in [1.807, 2.05) is 0 Å². The first kappa shape index (κ1) is 8.37. The number of primary amides is 1. The van der Waals surface area contributed by atoms with Crippen LogP contribution >= 0.6 is 0 Å². The molecule has 0 heterocycles. The first-order valence-electron chi connectivity index (χ1n) is 4.20. The van der Waals surface area contributed by atoms with Gasteiger partial charge in [0.15, 0.2) is 0 Å². The highest BCUT2D eigenvalue weighted by atomic mass is 16.6. The Labute approximate surface area is 66.9 Å². The van der Waals surface area contributed by atoms with Gasteiger partial charge in [-0.1, -0.05) is 6.92 Å². The maximum absolute atomic E-state index is 10.4. The molecule has 0 radical (unpaired) electrons. The Morgan fingerprint density at radius 1 is 1.64 bits per heavy atom. The van der Waals surface area contributed by atoms with Gasteiger partial charge >= 0.3 is 6.09 Å². The van der Waals surface area contributed by atoms with Crippen LogP contribution < -0.4 is 5.73 Å². The number of hydrogen-bond donors (Lipinski definition) is 1. The van der Waals surface area contributed by atoms with E-state index < -0.39 is 6.09 Å². The van der Waals surface area contributed by atoms with Crippen molar-refractivity contribution in [2.45, 2.75) is 38.7 Å². The smallest absolute Gasteiger partial charge is 0.404 e. The summed E-state index contributed by atoms with van der Waals surface area (Å²) in [5, 5.41) is 0. The molecule has 3 nitrogen and oxygen atoms in total. The van der Waals surface area contributed by atoms with E-state index in [1.54, 1.807) is 0 Å². The number of carbonyl (C=O) groups is 1. The van der Waals surface area contributed by atoms with E-state index in [4.69, 9.17) is 10.5 Å². The molecular formula is C8H15NO2. The normalized spacial score (nSPS) is 30.3. The number of carbonyl (C=O) groups excluding carboxylic acids is 1. The van der Waals surface area contributed by atoms with E-state index in [-0.39, 0.29) is 6.10 Å². The zero-order chi connectivity index (χ0) is 8.27. The summed E-state index contributed by atoms with van der Waals surface area (Å²) in [6, 6.07) is 0. The fourth-order valence-electron chi connectivity index (χ4n) is 1.77. The van der Waals surface area contributed by atoms with Crippen molar-refractivity contribution in [1.29, 1.82) is 0 Å². The summed E-state index contributed by atoms with van der Waals surface area (Å²) >= 11 is 0. The average molecular weight is 157 g/mol. The molecule has 1 fully saturated rings. The van der Waals surface area contributed by atoms with Gasteiger partial charge < -0.3 is 10.5 Å². The topological polar surface area (TPSA) is 52.3 Å². The molecule has 0 aromatic carbocycles. The van der Waals surface area contributed by atoms with Crippen LogP contribution in [0.2, 0.25) is 0 Å². The number of ether oxygens (including phenoxy) is 1. The Kier molecular flexibility index (Phi) is 2.74. The van der Waals surface area contributed by atoms with Gasteiger partial charge in [-0.05, 0) is 31.6 Å². The van der Waals surface area contributed by atoms with Crippen molar-refractivity contribution in [1.82, 2.24) is 0 Å². The molecule has 1 aliphatic rings. The largest absolute Gasteiger partial charge is 0.446 e. The summed E-state index contributed by atoms with van der Waals surface area (Å²) in [5.74, 6) is 0.544. The standard InChI is InChI=1S/C8H15NO2/c1-2-6-4-3-5-7(6)11-8(9)10/h6-7H,2-5H2,1H3,(H2,9,10). The minimum atomic E-state index is -0.629. The molecule has 1 amide bonds. The van der Waals surface area contributed by atoms with Crippen molar-refractivity contribution in [2.75, 3.05) is 0 Å². The summed E-state index contributed by atoms with van der Waals surface area (Å²) in [6.07, 6.45) is 3.87. The van der Waals surface area contributed by atoms with Gasteiger partial charge in [0.2, 0.25) is 0 Å². The zero-order valence-corrected chi connectivity index (χ0v) is 6.88. The van der Waals surface area contributed by atoms with Crippen LogP contribution in [0.1, 0.15) is 32.6 Å². The maximum Gasteiger partial charge on any atom is 0.404 e. The molecule has 11 heavy (non-hydrogen) atoms. The molecular weight excluding hydrogens is 142 g/mol. The molecule has 64 valence electrons. The summed E-state index contributed by atoms with van der Waals surface area (Å²) in [7, 11) is 0. The van der Waals surface area contributed by atoms with Gasteiger partial charge in [0.05, 0.1) is 0 Å². The van der Waals surface area contributed by atoms with Gasteiger partial charge in [-0.15, -0.1) is 0 Å². The van der Waals surface area contributed by atoms with Gasteiger partial charge in [0, 0.05) is 0 Å². The van der Waals surface area contributed by atoms with Crippen molar-refractivity contribution in [3.8, 4) is 0 Å².